The third kappa shape index (κ3) is 3.10. The van der Waals surface area contributed by atoms with Crippen molar-refractivity contribution in [3.8, 4) is 10.8 Å². The first kappa shape index (κ1) is 16.1. The second kappa shape index (κ2) is 6.46. The minimum atomic E-state index is -0.0698. The first-order valence-electron chi connectivity index (χ1n) is 8.24. The molecule has 0 bridgehead atoms. The van der Waals surface area contributed by atoms with Crippen LogP contribution in [0.3, 0.4) is 0 Å². The molecule has 0 radical (unpaired) electrons. The lowest BCUT2D eigenvalue weighted by Gasteiger charge is -2.15. The van der Waals surface area contributed by atoms with E-state index in [-0.39, 0.29) is 17.9 Å². The minimum Gasteiger partial charge on any atom is -0.459 e. The summed E-state index contributed by atoms with van der Waals surface area (Å²) in [5.41, 5.74) is 7.92. The van der Waals surface area contributed by atoms with E-state index in [0.29, 0.717) is 24.5 Å². The average Bonchev–Trinajstić information content (AvgIpc) is 3.34. The Balaban J connectivity index is 1.51. The van der Waals surface area contributed by atoms with Crippen molar-refractivity contribution in [2.45, 2.75) is 18.9 Å². The molecule has 5 nitrogen and oxygen atoms in total. The lowest BCUT2D eigenvalue weighted by molar-refractivity contribution is 0.0784. The van der Waals surface area contributed by atoms with Gasteiger partial charge < -0.3 is 15.1 Å². The molecule has 0 unspecified atom stereocenters. The van der Waals surface area contributed by atoms with Gasteiger partial charge in [0, 0.05) is 30.4 Å². The summed E-state index contributed by atoms with van der Waals surface area (Å²) in [7, 11) is 0. The summed E-state index contributed by atoms with van der Waals surface area (Å²) < 4.78 is 5.58. The van der Waals surface area contributed by atoms with Crippen molar-refractivity contribution in [1.82, 2.24) is 9.88 Å². The lowest BCUT2D eigenvalue weighted by Crippen LogP contribution is -2.32. The third-order valence-electron chi connectivity index (χ3n) is 4.55. The maximum Gasteiger partial charge on any atom is 0.273 e. The highest BCUT2D eigenvalue weighted by molar-refractivity contribution is 7.13. The topological polar surface area (TPSA) is 72.4 Å². The highest BCUT2D eigenvalue weighted by atomic mass is 32.1. The van der Waals surface area contributed by atoms with E-state index in [9.17, 15) is 4.79 Å². The van der Waals surface area contributed by atoms with Crippen LogP contribution in [0.1, 0.15) is 27.7 Å². The minimum absolute atomic E-state index is 0.0582. The molecule has 1 fully saturated rings. The molecule has 1 saturated heterocycles. The molecule has 0 spiro atoms. The molecule has 2 aromatic heterocycles. The summed E-state index contributed by atoms with van der Waals surface area (Å²) in [4.78, 5) is 19.1. The van der Waals surface area contributed by atoms with E-state index in [1.54, 1.807) is 10.3 Å². The summed E-state index contributed by atoms with van der Waals surface area (Å²) in [6, 6.07) is 13.8. The van der Waals surface area contributed by atoms with Crippen molar-refractivity contribution in [2.75, 3.05) is 13.1 Å². The van der Waals surface area contributed by atoms with Crippen molar-refractivity contribution in [2.24, 2.45) is 5.73 Å². The van der Waals surface area contributed by atoms with Crippen LogP contribution in [0.15, 0.2) is 52.3 Å². The lowest BCUT2D eigenvalue weighted by atomic mass is 9.95. The zero-order valence-electron chi connectivity index (χ0n) is 13.9. The van der Waals surface area contributed by atoms with Crippen LogP contribution in [-0.2, 0) is 0 Å². The molecule has 25 heavy (non-hydrogen) atoms. The van der Waals surface area contributed by atoms with Crippen LogP contribution in [-0.4, -0.2) is 34.9 Å². The zero-order chi connectivity index (χ0) is 17.4. The smallest absolute Gasteiger partial charge is 0.273 e. The molecule has 2 N–H and O–H groups in total. The van der Waals surface area contributed by atoms with Crippen LogP contribution in [0.25, 0.3) is 10.8 Å². The predicted octanol–water partition coefficient (Wildman–Crippen LogP) is 3.28. The molecule has 6 heteroatoms. The van der Waals surface area contributed by atoms with Gasteiger partial charge in [-0.1, -0.05) is 30.3 Å². The van der Waals surface area contributed by atoms with Gasteiger partial charge in [0.25, 0.3) is 5.91 Å². The molecule has 0 saturated carbocycles. The van der Waals surface area contributed by atoms with Gasteiger partial charge >= 0.3 is 0 Å². The summed E-state index contributed by atoms with van der Waals surface area (Å²) >= 11 is 1.42. The van der Waals surface area contributed by atoms with Gasteiger partial charge in [-0.05, 0) is 24.6 Å². The first-order valence-corrected chi connectivity index (χ1v) is 9.12. The van der Waals surface area contributed by atoms with Crippen LogP contribution < -0.4 is 5.73 Å². The van der Waals surface area contributed by atoms with E-state index in [1.807, 2.05) is 37.3 Å². The molecule has 4 rings (SSSR count). The molecule has 3 aromatic rings. The summed E-state index contributed by atoms with van der Waals surface area (Å²) in [6.45, 7) is 3.06. The van der Waals surface area contributed by atoms with Crippen LogP contribution >= 0.6 is 11.3 Å². The molecule has 1 aliphatic heterocycles. The standard InChI is InChI=1S/C19H19N3O2S/c1-12-7-8-17(24-12)18-21-16(11-25-18)19(23)22-9-14(15(20)10-22)13-5-3-2-4-6-13/h2-8,11,14-15H,9-10,20H2,1H3/t14-,15+/m0/s1. The Morgan fingerprint density at radius 2 is 2.04 bits per heavy atom. The average molecular weight is 353 g/mol. The van der Waals surface area contributed by atoms with Crippen molar-refractivity contribution in [3.05, 3.63) is 64.9 Å². The van der Waals surface area contributed by atoms with Crippen molar-refractivity contribution in [1.29, 1.82) is 0 Å². The normalized spacial score (nSPS) is 20.2. The number of likely N-dealkylation sites (tertiary alicyclic amines) is 1. The highest BCUT2D eigenvalue weighted by Gasteiger charge is 2.35. The zero-order valence-corrected chi connectivity index (χ0v) is 14.7. The fourth-order valence-corrected chi connectivity index (χ4v) is 4.00. The van der Waals surface area contributed by atoms with Gasteiger partial charge in [0.05, 0.1) is 0 Å². The van der Waals surface area contributed by atoms with E-state index >= 15 is 0 Å². The molecule has 2 atom stereocenters. The second-order valence-corrected chi connectivity index (χ2v) is 7.20. The number of rotatable bonds is 3. The Morgan fingerprint density at radius 1 is 1.24 bits per heavy atom. The fraction of sp³-hybridized carbons (Fsp3) is 0.263. The maximum absolute atomic E-state index is 12.8. The Morgan fingerprint density at radius 3 is 2.76 bits per heavy atom. The highest BCUT2D eigenvalue weighted by Crippen LogP contribution is 2.29. The van der Waals surface area contributed by atoms with Crippen LogP contribution in [0.5, 0.6) is 0 Å². The number of hydrogen-bond donors (Lipinski definition) is 1. The van der Waals surface area contributed by atoms with Crippen molar-refractivity contribution < 1.29 is 9.21 Å². The first-order chi connectivity index (χ1) is 12.1. The number of nitrogens with two attached hydrogens (primary N) is 1. The number of carbonyl (C=O) groups is 1. The van der Waals surface area contributed by atoms with Crippen molar-refractivity contribution in [3.63, 3.8) is 0 Å². The maximum atomic E-state index is 12.8. The quantitative estimate of drug-likeness (QED) is 0.784. The molecule has 1 aromatic carbocycles. The van der Waals surface area contributed by atoms with Crippen LogP contribution in [0, 0.1) is 6.92 Å². The number of hydrogen-bond acceptors (Lipinski definition) is 5. The Hall–Kier alpha value is -2.44. The van der Waals surface area contributed by atoms with Gasteiger partial charge in [0.15, 0.2) is 10.8 Å². The number of carbonyl (C=O) groups excluding carboxylic acids is 1. The van der Waals surface area contributed by atoms with Gasteiger partial charge in [-0.3, -0.25) is 4.79 Å². The summed E-state index contributed by atoms with van der Waals surface area (Å²) in [5, 5.41) is 2.51. The Labute approximate surface area is 150 Å². The van der Waals surface area contributed by atoms with Gasteiger partial charge in [0.1, 0.15) is 11.5 Å². The monoisotopic (exact) mass is 353 g/mol. The molecule has 1 aliphatic rings. The second-order valence-electron chi connectivity index (χ2n) is 6.34. The number of nitrogens with zero attached hydrogens (tertiary/aromatic N) is 2. The molecular formula is C19H19N3O2S. The van der Waals surface area contributed by atoms with Gasteiger partial charge in [-0.25, -0.2) is 4.98 Å². The summed E-state index contributed by atoms with van der Waals surface area (Å²) in [5.74, 6) is 1.62. The van der Waals surface area contributed by atoms with Gasteiger partial charge in [0.2, 0.25) is 0 Å². The van der Waals surface area contributed by atoms with E-state index < -0.39 is 0 Å². The summed E-state index contributed by atoms with van der Waals surface area (Å²) in [6.07, 6.45) is 0. The number of furan rings is 1. The number of aryl methyl sites for hydroxylation is 1. The van der Waals surface area contributed by atoms with E-state index in [4.69, 9.17) is 10.2 Å². The number of amides is 1. The van der Waals surface area contributed by atoms with Crippen LogP contribution in [0.4, 0.5) is 0 Å². The van der Waals surface area contributed by atoms with E-state index in [2.05, 4.69) is 17.1 Å². The SMILES string of the molecule is Cc1ccc(-c2nc(C(=O)N3C[C@@H](N)[C@H](c4ccccc4)C3)cs2)o1. The molecule has 3 heterocycles. The largest absolute Gasteiger partial charge is 0.459 e. The van der Waals surface area contributed by atoms with Crippen molar-refractivity contribution >= 4 is 17.2 Å². The Bertz CT molecular complexity index is 887. The Kier molecular flexibility index (Phi) is 4.15. The number of aromatic nitrogens is 1. The van der Waals surface area contributed by atoms with E-state index in [1.165, 1.54) is 16.9 Å². The van der Waals surface area contributed by atoms with Gasteiger partial charge in [-0.2, -0.15) is 0 Å². The fourth-order valence-electron chi connectivity index (χ4n) is 3.24. The van der Waals surface area contributed by atoms with E-state index in [0.717, 1.165) is 10.8 Å². The predicted molar refractivity (Wildman–Crippen MR) is 97.6 cm³/mol. The molecule has 128 valence electrons. The third-order valence-corrected chi connectivity index (χ3v) is 5.41. The number of benzene rings is 1. The molecule has 1 amide bonds. The molecule has 0 aliphatic carbocycles. The number of thiazole rings is 1. The molecular weight excluding hydrogens is 334 g/mol. The van der Waals surface area contributed by atoms with Gasteiger partial charge in [-0.15, -0.1) is 11.3 Å². The van der Waals surface area contributed by atoms with Crippen LogP contribution in [0.2, 0.25) is 0 Å².